The summed E-state index contributed by atoms with van der Waals surface area (Å²) in [5.41, 5.74) is -0.0318. The summed E-state index contributed by atoms with van der Waals surface area (Å²) >= 11 is 0. The number of nitriles is 1. The summed E-state index contributed by atoms with van der Waals surface area (Å²) in [4.78, 5) is 12.4. The van der Waals surface area contributed by atoms with Gasteiger partial charge in [0.05, 0.1) is 30.3 Å². The predicted molar refractivity (Wildman–Crippen MR) is 100 cm³/mol. The zero-order valence-electron chi connectivity index (χ0n) is 16.2. The van der Waals surface area contributed by atoms with Crippen LogP contribution in [0.1, 0.15) is 36.6 Å². The molecule has 154 valence electrons. The maximum absolute atomic E-state index is 13.0. The second kappa shape index (κ2) is 9.32. The van der Waals surface area contributed by atoms with Crippen LogP contribution < -0.4 is 14.8 Å². The maximum Gasteiger partial charge on any atom is 0.416 e. The van der Waals surface area contributed by atoms with Gasteiger partial charge in [-0.1, -0.05) is 26.0 Å². The molecule has 0 aliphatic carbocycles. The number of benzene rings is 2. The van der Waals surface area contributed by atoms with Gasteiger partial charge in [-0.2, -0.15) is 18.4 Å². The molecule has 0 aliphatic rings. The molecular weight excluding hydrogens is 385 g/mol. The summed E-state index contributed by atoms with van der Waals surface area (Å²) in [7, 11) is 1.41. The Morgan fingerprint density at radius 2 is 1.90 bits per heavy atom. The van der Waals surface area contributed by atoms with Crippen LogP contribution in [0.15, 0.2) is 42.5 Å². The summed E-state index contributed by atoms with van der Waals surface area (Å²) < 4.78 is 49.6. The topological polar surface area (TPSA) is 71.3 Å². The third-order valence-electron chi connectivity index (χ3n) is 4.21. The van der Waals surface area contributed by atoms with E-state index in [2.05, 4.69) is 5.32 Å². The van der Waals surface area contributed by atoms with Crippen molar-refractivity contribution in [2.45, 2.75) is 26.1 Å². The lowest BCUT2D eigenvalue weighted by Gasteiger charge is -2.24. The standard InChI is InChI=1S/C21H21F3N2O3/c1-13(2)20(15-5-4-6-16(10-15)21(22,23)24)26-19(27)12-29-17-8-7-14(11-25)9-18(17)28-3/h4-10,13,20H,12H2,1-3H3,(H,26,27). The van der Waals surface area contributed by atoms with Gasteiger partial charge >= 0.3 is 6.18 Å². The van der Waals surface area contributed by atoms with E-state index in [1.807, 2.05) is 6.07 Å². The Balaban J connectivity index is 2.11. The monoisotopic (exact) mass is 406 g/mol. The van der Waals surface area contributed by atoms with Crippen LogP contribution in [0.4, 0.5) is 13.2 Å². The van der Waals surface area contributed by atoms with Crippen molar-refractivity contribution in [3.63, 3.8) is 0 Å². The quantitative estimate of drug-likeness (QED) is 0.736. The van der Waals surface area contributed by atoms with Gasteiger partial charge < -0.3 is 14.8 Å². The van der Waals surface area contributed by atoms with E-state index in [4.69, 9.17) is 14.7 Å². The molecule has 0 aliphatic heterocycles. The summed E-state index contributed by atoms with van der Waals surface area (Å²) in [6.45, 7) is 3.25. The number of amides is 1. The Morgan fingerprint density at radius 1 is 1.17 bits per heavy atom. The molecule has 0 saturated carbocycles. The Bertz CT molecular complexity index is 905. The molecule has 2 aromatic carbocycles. The molecule has 0 spiro atoms. The highest BCUT2D eigenvalue weighted by atomic mass is 19.4. The van der Waals surface area contributed by atoms with Crippen molar-refractivity contribution in [1.29, 1.82) is 5.26 Å². The van der Waals surface area contributed by atoms with Gasteiger partial charge in [0.2, 0.25) is 0 Å². The predicted octanol–water partition coefficient (Wildman–Crippen LogP) is 4.48. The van der Waals surface area contributed by atoms with E-state index < -0.39 is 23.7 Å². The molecule has 0 saturated heterocycles. The first-order chi connectivity index (χ1) is 13.7. The highest BCUT2D eigenvalue weighted by molar-refractivity contribution is 5.78. The van der Waals surface area contributed by atoms with Crippen molar-refractivity contribution < 1.29 is 27.4 Å². The number of halogens is 3. The zero-order chi connectivity index (χ0) is 21.6. The summed E-state index contributed by atoms with van der Waals surface area (Å²) in [5.74, 6) is -0.0589. The molecule has 29 heavy (non-hydrogen) atoms. The number of alkyl halides is 3. The van der Waals surface area contributed by atoms with E-state index >= 15 is 0 Å². The van der Waals surface area contributed by atoms with Crippen LogP contribution in [-0.4, -0.2) is 19.6 Å². The van der Waals surface area contributed by atoms with E-state index in [1.165, 1.54) is 31.4 Å². The van der Waals surface area contributed by atoms with E-state index in [1.54, 1.807) is 19.9 Å². The lowest BCUT2D eigenvalue weighted by molar-refractivity contribution is -0.137. The van der Waals surface area contributed by atoms with Crippen LogP contribution in [0.2, 0.25) is 0 Å². The normalized spacial score (nSPS) is 12.2. The SMILES string of the molecule is COc1cc(C#N)ccc1OCC(=O)NC(c1cccc(C(F)(F)F)c1)C(C)C. The minimum absolute atomic E-state index is 0.146. The molecule has 0 bridgehead atoms. The minimum atomic E-state index is -4.46. The van der Waals surface area contributed by atoms with Crippen LogP contribution in [0.3, 0.4) is 0 Å². The number of rotatable bonds is 7. The molecule has 1 N–H and O–H groups in total. The molecular formula is C21H21F3N2O3. The van der Waals surface area contributed by atoms with Gasteiger partial charge in [-0.05, 0) is 35.7 Å². The van der Waals surface area contributed by atoms with E-state index in [-0.39, 0.29) is 18.3 Å². The number of nitrogens with zero attached hydrogens (tertiary/aromatic N) is 1. The third-order valence-corrected chi connectivity index (χ3v) is 4.21. The van der Waals surface area contributed by atoms with Gasteiger partial charge in [0.15, 0.2) is 18.1 Å². The molecule has 8 heteroatoms. The van der Waals surface area contributed by atoms with Crippen molar-refractivity contribution in [2.24, 2.45) is 5.92 Å². The Morgan fingerprint density at radius 3 is 2.48 bits per heavy atom. The fraction of sp³-hybridized carbons (Fsp3) is 0.333. The van der Waals surface area contributed by atoms with Crippen LogP contribution in [-0.2, 0) is 11.0 Å². The number of carbonyl (C=O) groups excluding carboxylic acids is 1. The average molecular weight is 406 g/mol. The summed E-state index contributed by atoms with van der Waals surface area (Å²) in [6, 6.07) is 10.8. The van der Waals surface area contributed by atoms with Crippen molar-refractivity contribution in [3.8, 4) is 17.6 Å². The first-order valence-corrected chi connectivity index (χ1v) is 8.83. The second-order valence-electron chi connectivity index (χ2n) is 6.68. The number of methoxy groups -OCH3 is 1. The van der Waals surface area contributed by atoms with Crippen molar-refractivity contribution >= 4 is 5.91 Å². The van der Waals surface area contributed by atoms with Crippen LogP contribution >= 0.6 is 0 Å². The van der Waals surface area contributed by atoms with Crippen LogP contribution in [0, 0.1) is 17.2 Å². The third kappa shape index (κ3) is 5.88. The molecule has 5 nitrogen and oxygen atoms in total. The molecule has 1 unspecified atom stereocenters. The molecule has 0 heterocycles. The molecule has 0 radical (unpaired) electrons. The number of hydrogen-bond acceptors (Lipinski definition) is 4. The zero-order valence-corrected chi connectivity index (χ0v) is 16.2. The smallest absolute Gasteiger partial charge is 0.416 e. The van der Waals surface area contributed by atoms with E-state index in [0.717, 1.165) is 12.1 Å². The molecule has 1 atom stereocenters. The lowest BCUT2D eigenvalue weighted by atomic mass is 9.94. The molecule has 2 rings (SSSR count). The van der Waals surface area contributed by atoms with Crippen LogP contribution in [0.25, 0.3) is 0 Å². The van der Waals surface area contributed by atoms with Gasteiger partial charge in [-0.3, -0.25) is 4.79 Å². The van der Waals surface area contributed by atoms with E-state index in [0.29, 0.717) is 16.9 Å². The van der Waals surface area contributed by atoms with Gasteiger partial charge in [-0.15, -0.1) is 0 Å². The Kier molecular flexibility index (Phi) is 7.10. The van der Waals surface area contributed by atoms with Crippen molar-refractivity contribution in [2.75, 3.05) is 13.7 Å². The number of carbonyl (C=O) groups is 1. The number of ether oxygens (including phenoxy) is 2. The van der Waals surface area contributed by atoms with Crippen LogP contribution in [0.5, 0.6) is 11.5 Å². The Hall–Kier alpha value is -3.21. The molecule has 0 fully saturated rings. The molecule has 0 aromatic heterocycles. The first kappa shape index (κ1) is 22.1. The van der Waals surface area contributed by atoms with Gasteiger partial charge in [0.1, 0.15) is 0 Å². The van der Waals surface area contributed by atoms with E-state index in [9.17, 15) is 18.0 Å². The maximum atomic E-state index is 13.0. The number of hydrogen-bond donors (Lipinski definition) is 1. The van der Waals surface area contributed by atoms with Crippen molar-refractivity contribution in [3.05, 3.63) is 59.2 Å². The minimum Gasteiger partial charge on any atom is -0.493 e. The van der Waals surface area contributed by atoms with Gasteiger partial charge in [0.25, 0.3) is 5.91 Å². The van der Waals surface area contributed by atoms with Gasteiger partial charge in [0, 0.05) is 6.07 Å². The fourth-order valence-electron chi connectivity index (χ4n) is 2.76. The molecule has 2 aromatic rings. The highest BCUT2D eigenvalue weighted by Crippen LogP contribution is 2.32. The molecule has 1 amide bonds. The van der Waals surface area contributed by atoms with Gasteiger partial charge in [-0.25, -0.2) is 0 Å². The average Bonchev–Trinajstić information content (AvgIpc) is 2.69. The first-order valence-electron chi connectivity index (χ1n) is 8.83. The summed E-state index contributed by atoms with van der Waals surface area (Å²) in [5, 5.41) is 11.6. The lowest BCUT2D eigenvalue weighted by Crippen LogP contribution is -2.35. The largest absolute Gasteiger partial charge is 0.493 e. The summed E-state index contributed by atoms with van der Waals surface area (Å²) in [6.07, 6.45) is -4.46. The second-order valence-corrected chi connectivity index (χ2v) is 6.68. The van der Waals surface area contributed by atoms with Crippen molar-refractivity contribution in [1.82, 2.24) is 5.32 Å². The highest BCUT2D eigenvalue weighted by Gasteiger charge is 2.31. The number of nitrogens with one attached hydrogen (secondary N) is 1. The Labute approximate surface area is 167 Å². The fourth-order valence-corrected chi connectivity index (χ4v) is 2.76.